The van der Waals surface area contributed by atoms with Crippen LogP contribution in [0.25, 0.3) is 62.6 Å². The minimum absolute atomic E-state index is 1.02. The molecule has 5 heteroatoms. The molecule has 0 spiro atoms. The predicted molar refractivity (Wildman–Crippen MR) is 307 cm³/mol. The van der Waals surface area contributed by atoms with Crippen molar-refractivity contribution >= 4 is 114 Å². The van der Waals surface area contributed by atoms with Crippen LogP contribution < -0.4 is 14.7 Å². The summed E-state index contributed by atoms with van der Waals surface area (Å²) in [6, 6.07) is 99.2. The monoisotopic (exact) mass is 943 g/mol. The van der Waals surface area contributed by atoms with Gasteiger partial charge in [-0.15, -0.1) is 22.7 Å². The molecule has 13 aromatic rings. The number of fused-ring (bicyclic) bond motifs is 6. The number of hydrogen-bond acceptors (Lipinski definition) is 5. The Morgan fingerprint density at radius 1 is 0.211 bits per heavy atom. The van der Waals surface area contributed by atoms with Crippen LogP contribution in [0.3, 0.4) is 0 Å². The summed E-state index contributed by atoms with van der Waals surface area (Å²) in [4.78, 5) is 7.34. The molecule has 0 bridgehead atoms. The van der Waals surface area contributed by atoms with Gasteiger partial charge in [0, 0.05) is 53.7 Å². The average Bonchev–Trinajstić information content (AvgIpc) is 4.03. The Morgan fingerprint density at radius 3 is 0.930 bits per heavy atom. The molecule has 0 aliphatic heterocycles. The Kier molecular flexibility index (Phi) is 10.9. The fourth-order valence-electron chi connectivity index (χ4n) is 10.1. The molecular weight excluding hydrogens is 899 g/mol. The molecule has 0 unspecified atom stereocenters. The zero-order valence-corrected chi connectivity index (χ0v) is 40.3. The van der Waals surface area contributed by atoms with Crippen LogP contribution in [-0.4, -0.2) is 0 Å². The van der Waals surface area contributed by atoms with Crippen molar-refractivity contribution in [2.75, 3.05) is 14.7 Å². The first-order valence-electron chi connectivity index (χ1n) is 24.0. The van der Waals surface area contributed by atoms with E-state index >= 15 is 0 Å². The summed E-state index contributed by atoms with van der Waals surface area (Å²) >= 11 is 3.73. The van der Waals surface area contributed by atoms with Gasteiger partial charge in [-0.1, -0.05) is 182 Å². The summed E-state index contributed by atoms with van der Waals surface area (Å²) < 4.78 is 5.03. The van der Waals surface area contributed by atoms with Gasteiger partial charge in [0.1, 0.15) is 0 Å². The fourth-order valence-corrected chi connectivity index (χ4v) is 12.5. The third kappa shape index (κ3) is 7.88. The Morgan fingerprint density at radius 2 is 0.521 bits per heavy atom. The van der Waals surface area contributed by atoms with Crippen molar-refractivity contribution in [2.45, 2.75) is 0 Å². The van der Waals surface area contributed by atoms with Crippen molar-refractivity contribution in [3.05, 3.63) is 273 Å². The molecule has 0 N–H and O–H groups in total. The molecule has 0 amide bonds. The van der Waals surface area contributed by atoms with Crippen molar-refractivity contribution < 1.29 is 0 Å². The van der Waals surface area contributed by atoms with Crippen LogP contribution in [0.15, 0.2) is 273 Å². The van der Waals surface area contributed by atoms with Gasteiger partial charge in [-0.05, 0) is 113 Å². The van der Waals surface area contributed by atoms with Gasteiger partial charge in [0.05, 0.1) is 37.8 Å². The van der Waals surface area contributed by atoms with Gasteiger partial charge in [-0.2, -0.15) is 0 Å². The number of benzene rings is 11. The highest BCUT2D eigenvalue weighted by Gasteiger charge is 2.26. The lowest BCUT2D eigenvalue weighted by molar-refractivity contribution is 1.23. The first-order valence-corrected chi connectivity index (χ1v) is 25.6. The number of nitrogens with zero attached hydrogens (tertiary/aromatic N) is 3. The van der Waals surface area contributed by atoms with Crippen LogP contribution in [0, 0.1) is 0 Å². The van der Waals surface area contributed by atoms with E-state index < -0.39 is 0 Å². The van der Waals surface area contributed by atoms with Gasteiger partial charge in [0.2, 0.25) is 0 Å². The van der Waals surface area contributed by atoms with Crippen LogP contribution in [0.2, 0.25) is 0 Å². The van der Waals surface area contributed by atoms with Crippen molar-refractivity contribution in [1.29, 1.82) is 0 Å². The van der Waals surface area contributed by atoms with Gasteiger partial charge in [0.25, 0.3) is 0 Å². The third-order valence-electron chi connectivity index (χ3n) is 13.4. The van der Waals surface area contributed by atoms with E-state index in [2.05, 4.69) is 288 Å². The Balaban J connectivity index is 1.10. The second-order valence-corrected chi connectivity index (χ2v) is 19.8. The molecule has 0 saturated heterocycles. The Labute approximate surface area is 421 Å². The van der Waals surface area contributed by atoms with E-state index in [0.717, 1.165) is 51.2 Å². The maximum Gasteiger partial charge on any atom is 0.0641 e. The van der Waals surface area contributed by atoms with Gasteiger partial charge in [-0.25, -0.2) is 0 Å². The van der Waals surface area contributed by atoms with Gasteiger partial charge >= 0.3 is 0 Å². The zero-order chi connectivity index (χ0) is 47.1. The Hall–Kier alpha value is -8.74. The van der Waals surface area contributed by atoms with Crippen LogP contribution in [0.5, 0.6) is 0 Å². The number of hydrogen-bond donors (Lipinski definition) is 0. The first kappa shape index (κ1) is 42.4. The van der Waals surface area contributed by atoms with E-state index in [4.69, 9.17) is 0 Å². The number of para-hydroxylation sites is 2. The second-order valence-electron chi connectivity index (χ2n) is 17.7. The van der Waals surface area contributed by atoms with E-state index in [1.165, 1.54) is 62.6 Å². The maximum absolute atomic E-state index is 2.53. The molecule has 3 nitrogen and oxygen atoms in total. The van der Waals surface area contributed by atoms with Crippen molar-refractivity contribution in [3.8, 4) is 22.3 Å². The van der Waals surface area contributed by atoms with Crippen molar-refractivity contribution in [1.82, 2.24) is 0 Å². The van der Waals surface area contributed by atoms with E-state index in [1.54, 1.807) is 0 Å². The third-order valence-corrected chi connectivity index (χ3v) is 15.8. The molecular formula is C66H45N3S2. The summed E-state index contributed by atoms with van der Waals surface area (Å²) in [5, 5.41) is 5.04. The number of rotatable bonds is 11. The largest absolute Gasteiger partial charge is 0.310 e. The SMILES string of the molecule is c1ccc(-c2ccc(N(c3ccccc3)c3cc(N(c4ccccc4)c4ccc(-c5ccccc5)cc4)cc(N(c4cccc5c4sc4ccccc45)c4cccc5c4sc4ccccc45)c3)cc2)cc1. The smallest absolute Gasteiger partial charge is 0.0641 e. The summed E-state index contributed by atoms with van der Waals surface area (Å²) in [5.74, 6) is 0. The first-order chi connectivity index (χ1) is 35.2. The molecule has 2 aromatic heterocycles. The highest BCUT2D eigenvalue weighted by molar-refractivity contribution is 7.27. The van der Waals surface area contributed by atoms with Crippen molar-refractivity contribution in [3.63, 3.8) is 0 Å². The molecule has 0 saturated carbocycles. The zero-order valence-electron chi connectivity index (χ0n) is 38.6. The lowest BCUT2D eigenvalue weighted by Crippen LogP contribution is -2.16. The number of thiophene rings is 2. The van der Waals surface area contributed by atoms with E-state index in [0.29, 0.717) is 0 Å². The highest BCUT2D eigenvalue weighted by Crippen LogP contribution is 2.52. The molecule has 0 aliphatic rings. The molecule has 0 aliphatic carbocycles. The minimum Gasteiger partial charge on any atom is -0.310 e. The summed E-state index contributed by atoms with van der Waals surface area (Å²) in [5.41, 5.74) is 14.3. The summed E-state index contributed by atoms with van der Waals surface area (Å²) in [6.07, 6.45) is 0. The molecule has 336 valence electrons. The molecule has 0 atom stereocenters. The van der Waals surface area contributed by atoms with Crippen LogP contribution in [0.4, 0.5) is 51.2 Å². The average molecular weight is 944 g/mol. The van der Waals surface area contributed by atoms with Gasteiger partial charge < -0.3 is 14.7 Å². The maximum atomic E-state index is 2.53. The summed E-state index contributed by atoms with van der Waals surface area (Å²) in [7, 11) is 0. The van der Waals surface area contributed by atoms with Crippen molar-refractivity contribution in [2.24, 2.45) is 0 Å². The van der Waals surface area contributed by atoms with E-state index in [1.807, 2.05) is 22.7 Å². The Bertz CT molecular complexity index is 3720. The molecule has 13 rings (SSSR count). The normalized spacial score (nSPS) is 11.4. The molecule has 11 aromatic carbocycles. The summed E-state index contributed by atoms with van der Waals surface area (Å²) in [6.45, 7) is 0. The molecule has 71 heavy (non-hydrogen) atoms. The highest BCUT2D eigenvalue weighted by atomic mass is 32.1. The minimum atomic E-state index is 1.02. The van der Waals surface area contributed by atoms with Gasteiger partial charge in [-0.3, -0.25) is 0 Å². The van der Waals surface area contributed by atoms with E-state index in [9.17, 15) is 0 Å². The molecule has 2 heterocycles. The standard InChI is InChI=1S/C66H45N3S2/c1-5-19-46(20-6-1)48-35-39-52(40-36-48)67(50-23-9-3-10-24-50)54-43-55(68(51-25-11-4-12-26-51)53-41-37-49(38-42-53)47-21-7-2-8-22-47)45-56(44-54)69(61-31-17-29-59-57-27-13-15-33-63(57)70-65(59)61)62-32-18-30-60-58-28-14-16-34-64(58)71-66(60)62/h1-45H. The lowest BCUT2D eigenvalue weighted by atomic mass is 10.0. The second kappa shape index (κ2) is 18.3. The van der Waals surface area contributed by atoms with Crippen LogP contribution >= 0.6 is 22.7 Å². The molecule has 0 fully saturated rings. The van der Waals surface area contributed by atoms with Crippen LogP contribution in [-0.2, 0) is 0 Å². The lowest BCUT2D eigenvalue weighted by Gasteiger charge is -2.33. The van der Waals surface area contributed by atoms with Gasteiger partial charge in [0.15, 0.2) is 0 Å². The molecule has 0 radical (unpaired) electrons. The predicted octanol–water partition coefficient (Wildman–Crippen LogP) is 20.2. The van der Waals surface area contributed by atoms with E-state index in [-0.39, 0.29) is 0 Å². The topological polar surface area (TPSA) is 9.72 Å². The number of anilines is 9. The quantitative estimate of drug-likeness (QED) is 0.128. The fraction of sp³-hybridized carbons (Fsp3) is 0. The van der Waals surface area contributed by atoms with Crippen LogP contribution in [0.1, 0.15) is 0 Å².